The van der Waals surface area contributed by atoms with Crippen LogP contribution in [0.4, 0.5) is 0 Å². The van der Waals surface area contributed by atoms with Crippen molar-refractivity contribution in [2.75, 3.05) is 20.8 Å². The molecule has 0 N–H and O–H groups in total. The van der Waals surface area contributed by atoms with Crippen LogP contribution in [0.1, 0.15) is 5.56 Å². The second kappa shape index (κ2) is 7.84. The molecule has 0 heterocycles. The van der Waals surface area contributed by atoms with Gasteiger partial charge in [0.05, 0.1) is 14.2 Å². The lowest BCUT2D eigenvalue weighted by molar-refractivity contribution is 0.259. The average molecular weight is 298 g/mol. The summed E-state index contributed by atoms with van der Waals surface area (Å²) < 4.78 is 22.0. The fraction of sp³-hybridized carbons (Fsp3) is 0.222. The third kappa shape index (κ3) is 3.64. The number of benzene rings is 2. The Bertz CT molecular complexity index is 636. The summed E-state index contributed by atoms with van der Waals surface area (Å²) in [4.78, 5) is 0. The lowest BCUT2D eigenvalue weighted by Crippen LogP contribution is -2.03. The van der Waals surface area contributed by atoms with Crippen molar-refractivity contribution in [3.8, 4) is 35.3 Å². The lowest BCUT2D eigenvalue weighted by atomic mass is 10.2. The maximum atomic E-state index is 5.88. The number of hydrogen-bond acceptors (Lipinski definition) is 4. The second-order valence-electron chi connectivity index (χ2n) is 4.38. The van der Waals surface area contributed by atoms with Gasteiger partial charge in [-0.05, 0) is 18.2 Å². The number of hydrogen-bond donors (Lipinski definition) is 0. The van der Waals surface area contributed by atoms with Crippen molar-refractivity contribution >= 4 is 0 Å². The Labute approximate surface area is 130 Å². The van der Waals surface area contributed by atoms with E-state index in [-0.39, 0.29) is 6.61 Å². The van der Waals surface area contributed by atoms with E-state index >= 15 is 0 Å². The molecule has 0 amide bonds. The maximum Gasteiger partial charge on any atom is 0.203 e. The highest BCUT2D eigenvalue weighted by molar-refractivity contribution is 5.51. The van der Waals surface area contributed by atoms with Gasteiger partial charge in [-0.15, -0.1) is 6.42 Å². The van der Waals surface area contributed by atoms with Crippen LogP contribution in [-0.2, 0) is 6.61 Å². The molecule has 2 aromatic carbocycles. The molecule has 2 aromatic rings. The highest BCUT2D eigenvalue weighted by atomic mass is 16.5. The number of methoxy groups -OCH3 is 2. The molecule has 0 saturated heterocycles. The number of terminal acetylenes is 1. The molecule has 0 atom stereocenters. The minimum absolute atomic E-state index is 0.217. The van der Waals surface area contributed by atoms with Crippen LogP contribution in [0.5, 0.6) is 23.0 Å². The van der Waals surface area contributed by atoms with Crippen LogP contribution < -0.4 is 18.9 Å². The highest BCUT2D eigenvalue weighted by Crippen LogP contribution is 2.37. The van der Waals surface area contributed by atoms with Crippen molar-refractivity contribution in [1.29, 1.82) is 0 Å². The third-order valence-electron chi connectivity index (χ3n) is 3.04. The molecular weight excluding hydrogens is 280 g/mol. The van der Waals surface area contributed by atoms with Gasteiger partial charge in [-0.25, -0.2) is 0 Å². The average Bonchev–Trinajstić information content (AvgIpc) is 2.58. The maximum absolute atomic E-state index is 5.88. The van der Waals surface area contributed by atoms with E-state index in [2.05, 4.69) is 5.92 Å². The van der Waals surface area contributed by atoms with Crippen molar-refractivity contribution < 1.29 is 18.9 Å². The Balaban J connectivity index is 2.19. The van der Waals surface area contributed by atoms with Crippen LogP contribution in [0.2, 0.25) is 0 Å². The summed E-state index contributed by atoms with van der Waals surface area (Å²) in [5, 5.41) is 0. The van der Waals surface area contributed by atoms with E-state index in [9.17, 15) is 0 Å². The van der Waals surface area contributed by atoms with Crippen molar-refractivity contribution in [2.45, 2.75) is 6.61 Å². The topological polar surface area (TPSA) is 36.9 Å². The molecule has 4 heteroatoms. The van der Waals surface area contributed by atoms with Gasteiger partial charge in [0.15, 0.2) is 11.5 Å². The van der Waals surface area contributed by atoms with Gasteiger partial charge in [0.2, 0.25) is 5.75 Å². The predicted octanol–water partition coefficient (Wildman–Crippen LogP) is 3.29. The first-order valence-electron chi connectivity index (χ1n) is 6.78. The van der Waals surface area contributed by atoms with Crippen LogP contribution in [0.15, 0.2) is 42.5 Å². The first kappa shape index (κ1) is 15.6. The smallest absolute Gasteiger partial charge is 0.203 e. The van der Waals surface area contributed by atoms with Crippen molar-refractivity contribution in [2.24, 2.45) is 0 Å². The van der Waals surface area contributed by atoms with Gasteiger partial charge in [-0.3, -0.25) is 0 Å². The minimum atomic E-state index is 0.217. The zero-order valence-corrected chi connectivity index (χ0v) is 12.7. The van der Waals surface area contributed by atoms with Gasteiger partial charge in [0.1, 0.15) is 19.0 Å². The third-order valence-corrected chi connectivity index (χ3v) is 3.04. The Hall–Kier alpha value is -2.80. The van der Waals surface area contributed by atoms with Crippen LogP contribution in [0, 0.1) is 12.3 Å². The molecule has 2 rings (SSSR count). The molecular formula is C18H18O4. The molecule has 0 saturated carbocycles. The molecule has 0 fully saturated rings. The fourth-order valence-corrected chi connectivity index (χ4v) is 1.99. The molecule has 0 radical (unpaired) electrons. The van der Waals surface area contributed by atoms with Crippen LogP contribution in [-0.4, -0.2) is 20.8 Å². The van der Waals surface area contributed by atoms with E-state index < -0.39 is 0 Å². The van der Waals surface area contributed by atoms with E-state index in [4.69, 9.17) is 25.4 Å². The molecule has 4 nitrogen and oxygen atoms in total. The van der Waals surface area contributed by atoms with Gasteiger partial charge in [-0.1, -0.05) is 30.2 Å². The summed E-state index contributed by atoms with van der Waals surface area (Å²) in [7, 11) is 3.18. The molecule has 22 heavy (non-hydrogen) atoms. The molecule has 0 spiro atoms. The standard InChI is InChI=1S/C18H18O4/c1-4-12-21-15-9-6-5-8-14(15)13-22-18-16(19-2)10-7-11-17(18)20-3/h1,5-11H,12-13H2,2-3H3. The predicted molar refractivity (Wildman–Crippen MR) is 84.6 cm³/mol. The molecule has 0 aliphatic rings. The SMILES string of the molecule is C#CCOc1ccccc1COc1c(OC)cccc1OC. The summed E-state index contributed by atoms with van der Waals surface area (Å²) in [6.07, 6.45) is 5.23. The second-order valence-corrected chi connectivity index (χ2v) is 4.38. The first-order chi connectivity index (χ1) is 10.8. The van der Waals surface area contributed by atoms with E-state index in [1.54, 1.807) is 14.2 Å². The molecule has 0 unspecified atom stereocenters. The normalized spacial score (nSPS) is 9.68. The largest absolute Gasteiger partial charge is 0.493 e. The Kier molecular flexibility index (Phi) is 5.56. The Morgan fingerprint density at radius 3 is 2.14 bits per heavy atom. The zero-order chi connectivity index (χ0) is 15.8. The molecule has 114 valence electrons. The van der Waals surface area contributed by atoms with E-state index in [0.29, 0.717) is 29.6 Å². The van der Waals surface area contributed by atoms with Gasteiger partial charge >= 0.3 is 0 Å². The van der Waals surface area contributed by atoms with Gasteiger partial charge in [-0.2, -0.15) is 0 Å². The lowest BCUT2D eigenvalue weighted by Gasteiger charge is -2.15. The van der Waals surface area contributed by atoms with E-state index in [1.807, 2.05) is 42.5 Å². The molecule has 0 aliphatic carbocycles. The van der Waals surface area contributed by atoms with Crippen molar-refractivity contribution in [1.82, 2.24) is 0 Å². The molecule has 0 bridgehead atoms. The fourth-order valence-electron chi connectivity index (χ4n) is 1.99. The number of para-hydroxylation sites is 2. The van der Waals surface area contributed by atoms with Crippen molar-refractivity contribution in [3.05, 3.63) is 48.0 Å². The summed E-state index contributed by atoms with van der Waals surface area (Å²) in [6, 6.07) is 13.1. The summed E-state index contributed by atoms with van der Waals surface area (Å²) >= 11 is 0. The molecule has 0 aromatic heterocycles. The number of rotatable bonds is 7. The first-order valence-corrected chi connectivity index (χ1v) is 6.78. The summed E-state index contributed by atoms with van der Waals surface area (Å²) in [5.74, 6) is 4.93. The van der Waals surface area contributed by atoms with Crippen molar-refractivity contribution in [3.63, 3.8) is 0 Å². The monoisotopic (exact) mass is 298 g/mol. The Morgan fingerprint density at radius 1 is 0.864 bits per heavy atom. The van der Waals surface area contributed by atoms with Crippen LogP contribution >= 0.6 is 0 Å². The summed E-state index contributed by atoms with van der Waals surface area (Å²) in [5.41, 5.74) is 0.894. The van der Waals surface area contributed by atoms with Crippen LogP contribution in [0.25, 0.3) is 0 Å². The number of ether oxygens (including phenoxy) is 4. The molecule has 0 aliphatic heterocycles. The quantitative estimate of drug-likeness (QED) is 0.735. The van der Waals surface area contributed by atoms with Gasteiger partial charge in [0.25, 0.3) is 0 Å². The zero-order valence-electron chi connectivity index (χ0n) is 12.7. The highest BCUT2D eigenvalue weighted by Gasteiger charge is 2.12. The Morgan fingerprint density at radius 2 is 1.50 bits per heavy atom. The minimum Gasteiger partial charge on any atom is -0.493 e. The van der Waals surface area contributed by atoms with E-state index in [0.717, 1.165) is 5.56 Å². The van der Waals surface area contributed by atoms with Gasteiger partial charge in [0, 0.05) is 5.56 Å². The van der Waals surface area contributed by atoms with Crippen LogP contribution in [0.3, 0.4) is 0 Å². The van der Waals surface area contributed by atoms with E-state index in [1.165, 1.54) is 0 Å². The summed E-state index contributed by atoms with van der Waals surface area (Å²) in [6.45, 7) is 0.534. The van der Waals surface area contributed by atoms with Gasteiger partial charge < -0.3 is 18.9 Å².